The molecular weight excluding hydrogens is 188 g/mol. The first-order valence-electron chi connectivity index (χ1n) is 5.01. The number of nitrogens with zero attached hydrogens (tertiary/aromatic N) is 1. The van der Waals surface area contributed by atoms with Crippen LogP contribution in [0.5, 0.6) is 0 Å². The van der Waals surface area contributed by atoms with Crippen molar-refractivity contribution >= 4 is 5.91 Å². The van der Waals surface area contributed by atoms with Crippen molar-refractivity contribution in [1.82, 2.24) is 9.88 Å². The maximum Gasteiger partial charge on any atom is 0.267 e. The molecule has 0 atom stereocenters. The summed E-state index contributed by atoms with van der Waals surface area (Å²) >= 11 is 0. The molecule has 80 valence electrons. The third-order valence-corrected chi connectivity index (χ3v) is 2.39. The van der Waals surface area contributed by atoms with Crippen molar-refractivity contribution in [3.05, 3.63) is 23.5 Å². The summed E-state index contributed by atoms with van der Waals surface area (Å²) < 4.78 is 1.87. The monoisotopic (exact) mass is 204 g/mol. The van der Waals surface area contributed by atoms with Gasteiger partial charge in [0.25, 0.3) is 5.91 Å². The van der Waals surface area contributed by atoms with Crippen LogP contribution in [-0.4, -0.2) is 17.0 Å². The van der Waals surface area contributed by atoms with Crippen LogP contribution in [0.2, 0.25) is 0 Å². The number of rotatable bonds is 4. The molecule has 1 aromatic heterocycles. The summed E-state index contributed by atoms with van der Waals surface area (Å²) in [6.07, 6.45) is 6.64. The lowest BCUT2D eigenvalue weighted by molar-refractivity contribution is 0.0945. The normalized spacial score (nSPS) is 9.67. The van der Waals surface area contributed by atoms with Gasteiger partial charge in [-0.25, -0.2) is 0 Å². The van der Waals surface area contributed by atoms with E-state index in [1.54, 1.807) is 0 Å². The molecule has 0 radical (unpaired) electrons. The van der Waals surface area contributed by atoms with Crippen molar-refractivity contribution in [2.24, 2.45) is 7.05 Å². The van der Waals surface area contributed by atoms with Crippen LogP contribution in [-0.2, 0) is 7.05 Å². The Bertz CT molecular complexity index is 385. The van der Waals surface area contributed by atoms with Gasteiger partial charge < -0.3 is 9.88 Å². The highest BCUT2D eigenvalue weighted by molar-refractivity contribution is 5.92. The Morgan fingerprint density at radius 3 is 2.87 bits per heavy atom. The highest BCUT2D eigenvalue weighted by Crippen LogP contribution is 2.05. The van der Waals surface area contributed by atoms with Gasteiger partial charge in [-0.3, -0.25) is 4.79 Å². The van der Waals surface area contributed by atoms with Gasteiger partial charge in [-0.1, -0.05) is 0 Å². The van der Waals surface area contributed by atoms with E-state index in [0.29, 0.717) is 18.7 Å². The number of hydrogen-bond acceptors (Lipinski definition) is 1. The van der Waals surface area contributed by atoms with Crippen LogP contribution in [0.3, 0.4) is 0 Å². The van der Waals surface area contributed by atoms with Gasteiger partial charge in [0.2, 0.25) is 0 Å². The van der Waals surface area contributed by atoms with E-state index in [1.807, 2.05) is 30.7 Å². The fraction of sp³-hybridized carbons (Fsp3) is 0.417. The summed E-state index contributed by atoms with van der Waals surface area (Å²) in [6, 6.07) is 3.75. The molecule has 0 aliphatic heterocycles. The first-order valence-corrected chi connectivity index (χ1v) is 5.01. The molecule has 0 aromatic carbocycles. The van der Waals surface area contributed by atoms with Crippen molar-refractivity contribution in [1.29, 1.82) is 0 Å². The topological polar surface area (TPSA) is 34.0 Å². The summed E-state index contributed by atoms with van der Waals surface area (Å²) in [4.78, 5) is 11.7. The van der Waals surface area contributed by atoms with Gasteiger partial charge in [0.1, 0.15) is 5.69 Å². The predicted molar refractivity (Wildman–Crippen MR) is 60.6 cm³/mol. The maximum atomic E-state index is 11.7. The number of hydrogen-bond donors (Lipinski definition) is 1. The summed E-state index contributed by atoms with van der Waals surface area (Å²) in [5.41, 5.74) is 1.76. The molecule has 3 heteroatoms. The minimum absolute atomic E-state index is 0.0392. The van der Waals surface area contributed by atoms with Crippen molar-refractivity contribution in [3.63, 3.8) is 0 Å². The molecule has 1 rings (SSSR count). The highest BCUT2D eigenvalue weighted by Gasteiger charge is 2.09. The second-order valence-electron chi connectivity index (χ2n) is 3.48. The van der Waals surface area contributed by atoms with Crippen LogP contribution in [0.1, 0.15) is 29.0 Å². The van der Waals surface area contributed by atoms with Gasteiger partial charge in [-0.2, -0.15) is 0 Å². The lowest BCUT2D eigenvalue weighted by atomic mass is 10.3. The number of terminal acetylenes is 1. The van der Waals surface area contributed by atoms with Crippen LogP contribution in [0.4, 0.5) is 0 Å². The summed E-state index contributed by atoms with van der Waals surface area (Å²) in [5.74, 6) is 2.50. The van der Waals surface area contributed by atoms with Crippen LogP contribution in [0.15, 0.2) is 12.1 Å². The molecular formula is C12H16N2O. The number of amides is 1. The zero-order chi connectivity index (χ0) is 11.3. The molecule has 0 saturated carbocycles. The lowest BCUT2D eigenvalue weighted by Gasteiger charge is -2.05. The highest BCUT2D eigenvalue weighted by atomic mass is 16.1. The molecule has 0 bridgehead atoms. The van der Waals surface area contributed by atoms with E-state index in [1.165, 1.54) is 0 Å². The van der Waals surface area contributed by atoms with E-state index in [0.717, 1.165) is 12.1 Å². The molecule has 0 aliphatic carbocycles. The van der Waals surface area contributed by atoms with Crippen molar-refractivity contribution in [2.45, 2.75) is 19.8 Å². The minimum Gasteiger partial charge on any atom is -0.351 e. The smallest absolute Gasteiger partial charge is 0.267 e. The van der Waals surface area contributed by atoms with Gasteiger partial charge in [-0.15, -0.1) is 12.3 Å². The first-order chi connectivity index (χ1) is 7.16. The number of unbranched alkanes of at least 4 members (excludes halogenated alkanes) is 1. The van der Waals surface area contributed by atoms with E-state index in [-0.39, 0.29) is 5.91 Å². The first kappa shape index (κ1) is 11.4. The Hall–Kier alpha value is -1.69. The molecule has 1 amide bonds. The van der Waals surface area contributed by atoms with Crippen LogP contribution in [0, 0.1) is 19.3 Å². The largest absolute Gasteiger partial charge is 0.351 e. The zero-order valence-electron chi connectivity index (χ0n) is 9.21. The molecule has 1 heterocycles. The minimum atomic E-state index is -0.0392. The van der Waals surface area contributed by atoms with Crippen molar-refractivity contribution in [2.75, 3.05) is 6.54 Å². The van der Waals surface area contributed by atoms with Gasteiger partial charge in [0.05, 0.1) is 0 Å². The third kappa shape index (κ3) is 2.88. The number of nitrogens with one attached hydrogen (secondary N) is 1. The van der Waals surface area contributed by atoms with Crippen LogP contribution in [0.25, 0.3) is 0 Å². The lowest BCUT2D eigenvalue weighted by Crippen LogP contribution is -2.26. The molecule has 0 fully saturated rings. The van der Waals surface area contributed by atoms with Crippen molar-refractivity contribution < 1.29 is 4.79 Å². The number of aromatic nitrogens is 1. The summed E-state index contributed by atoms with van der Waals surface area (Å²) in [7, 11) is 1.88. The average Bonchev–Trinajstić information content (AvgIpc) is 2.55. The number of aryl methyl sites for hydroxylation is 1. The summed E-state index contributed by atoms with van der Waals surface area (Å²) in [6.45, 7) is 2.60. The number of carbonyl (C=O) groups is 1. The quantitative estimate of drug-likeness (QED) is 0.585. The third-order valence-electron chi connectivity index (χ3n) is 2.39. The summed E-state index contributed by atoms with van der Waals surface area (Å²) in [5, 5.41) is 2.83. The van der Waals surface area contributed by atoms with Gasteiger partial charge in [0.15, 0.2) is 0 Å². The molecule has 3 nitrogen and oxygen atoms in total. The van der Waals surface area contributed by atoms with E-state index < -0.39 is 0 Å². The van der Waals surface area contributed by atoms with Gasteiger partial charge in [0, 0.05) is 25.7 Å². The zero-order valence-corrected chi connectivity index (χ0v) is 9.21. The molecule has 1 aromatic rings. The van der Waals surface area contributed by atoms with E-state index >= 15 is 0 Å². The van der Waals surface area contributed by atoms with Gasteiger partial charge >= 0.3 is 0 Å². The molecule has 0 unspecified atom stereocenters. The Kier molecular flexibility index (Phi) is 3.99. The number of carbonyl (C=O) groups excluding carboxylic acids is 1. The SMILES string of the molecule is C#CCCCNC(=O)c1ccc(C)n1C. The molecule has 0 saturated heterocycles. The van der Waals surface area contributed by atoms with Crippen LogP contribution < -0.4 is 5.32 Å². The van der Waals surface area contributed by atoms with E-state index in [9.17, 15) is 4.79 Å². The molecule has 0 aliphatic rings. The van der Waals surface area contributed by atoms with Gasteiger partial charge in [-0.05, 0) is 25.5 Å². The fourth-order valence-electron chi connectivity index (χ4n) is 1.32. The van der Waals surface area contributed by atoms with Crippen molar-refractivity contribution in [3.8, 4) is 12.3 Å². The second kappa shape index (κ2) is 5.26. The molecule has 0 spiro atoms. The van der Waals surface area contributed by atoms with Crippen LogP contribution >= 0.6 is 0 Å². The Morgan fingerprint density at radius 1 is 1.60 bits per heavy atom. The maximum absolute atomic E-state index is 11.7. The Balaban J connectivity index is 2.48. The molecule has 15 heavy (non-hydrogen) atoms. The molecule has 1 N–H and O–H groups in total. The van der Waals surface area contributed by atoms with E-state index in [4.69, 9.17) is 6.42 Å². The average molecular weight is 204 g/mol. The Labute approximate surface area is 90.5 Å². The Morgan fingerprint density at radius 2 is 2.33 bits per heavy atom. The van der Waals surface area contributed by atoms with E-state index in [2.05, 4.69) is 11.2 Å². The predicted octanol–water partition coefficient (Wildman–Crippen LogP) is 1.48. The fourth-order valence-corrected chi connectivity index (χ4v) is 1.32. The second-order valence-corrected chi connectivity index (χ2v) is 3.48. The standard InChI is InChI=1S/C12H16N2O/c1-4-5-6-9-13-12(15)11-8-7-10(2)14(11)3/h1,7-8H,5-6,9H2,2-3H3,(H,13,15).